The number of aryl methyl sites for hydroxylation is 1. The van der Waals surface area contributed by atoms with Crippen molar-refractivity contribution in [2.45, 2.75) is 13.8 Å². The van der Waals surface area contributed by atoms with Gasteiger partial charge in [-0.2, -0.15) is 15.1 Å². The maximum Gasteiger partial charge on any atom is 0.283 e. The van der Waals surface area contributed by atoms with Gasteiger partial charge < -0.3 is 9.30 Å². The van der Waals surface area contributed by atoms with Gasteiger partial charge in [0.2, 0.25) is 5.17 Å². The van der Waals surface area contributed by atoms with E-state index in [0.717, 1.165) is 11.4 Å². The third-order valence-corrected chi connectivity index (χ3v) is 6.35. The van der Waals surface area contributed by atoms with Crippen LogP contribution in [0.5, 0.6) is 5.75 Å². The molecule has 0 unspecified atom stereocenters. The smallest absolute Gasteiger partial charge is 0.283 e. The Morgan fingerprint density at radius 3 is 2.62 bits per heavy atom. The van der Waals surface area contributed by atoms with Crippen molar-refractivity contribution in [1.82, 2.24) is 9.58 Å². The molecular formula is C25H20FN5O2S. The summed E-state index contributed by atoms with van der Waals surface area (Å²) in [6.45, 7) is 3.92. The van der Waals surface area contributed by atoms with E-state index in [0.29, 0.717) is 27.2 Å². The van der Waals surface area contributed by atoms with Gasteiger partial charge in [0.25, 0.3) is 5.91 Å². The number of aromatic nitrogens is 1. The third kappa shape index (κ3) is 3.94. The van der Waals surface area contributed by atoms with E-state index in [2.05, 4.69) is 10.1 Å². The number of hydrogen-bond donors (Lipinski definition) is 1. The molecular weight excluding hydrogens is 453 g/mol. The lowest BCUT2D eigenvalue weighted by Crippen LogP contribution is -2.35. The SMILES string of the molecule is Cc1cc(/C=C2\C(=N)N3N=C(COc4ccccc4)SC3=NC2=O)c(C)n1-c1ccccc1F. The Labute approximate surface area is 199 Å². The number of ether oxygens (including phenoxy) is 1. The van der Waals surface area contributed by atoms with E-state index in [1.165, 1.54) is 22.8 Å². The van der Waals surface area contributed by atoms with Crippen molar-refractivity contribution in [1.29, 1.82) is 5.41 Å². The minimum atomic E-state index is -0.514. The van der Waals surface area contributed by atoms with Crippen LogP contribution in [-0.4, -0.2) is 38.1 Å². The van der Waals surface area contributed by atoms with Crippen LogP contribution in [-0.2, 0) is 4.79 Å². The highest BCUT2D eigenvalue weighted by molar-refractivity contribution is 8.27. The van der Waals surface area contributed by atoms with Crippen LogP contribution in [0.1, 0.15) is 17.0 Å². The number of thioether (sulfide) groups is 1. The molecule has 1 amide bonds. The van der Waals surface area contributed by atoms with Gasteiger partial charge in [-0.1, -0.05) is 30.3 Å². The van der Waals surface area contributed by atoms with Crippen LogP contribution in [0.4, 0.5) is 4.39 Å². The second-order valence-corrected chi connectivity index (χ2v) is 8.77. The van der Waals surface area contributed by atoms with Crippen LogP contribution in [0, 0.1) is 25.1 Å². The van der Waals surface area contributed by atoms with Crippen LogP contribution in [0.3, 0.4) is 0 Å². The van der Waals surface area contributed by atoms with Crippen molar-refractivity contribution in [2.75, 3.05) is 6.61 Å². The lowest BCUT2D eigenvalue weighted by molar-refractivity contribution is -0.114. The highest BCUT2D eigenvalue weighted by atomic mass is 32.2. The molecule has 3 aromatic rings. The summed E-state index contributed by atoms with van der Waals surface area (Å²) < 4.78 is 21.9. The minimum absolute atomic E-state index is 0.0621. The van der Waals surface area contributed by atoms with Gasteiger partial charge in [0.1, 0.15) is 23.2 Å². The summed E-state index contributed by atoms with van der Waals surface area (Å²) in [7, 11) is 0. The monoisotopic (exact) mass is 473 g/mol. The molecule has 0 saturated carbocycles. The van der Waals surface area contributed by atoms with E-state index in [-0.39, 0.29) is 23.8 Å². The number of amides is 1. The Morgan fingerprint density at radius 1 is 1.12 bits per heavy atom. The highest BCUT2D eigenvalue weighted by Crippen LogP contribution is 2.30. The summed E-state index contributed by atoms with van der Waals surface area (Å²) in [5.74, 6) is -0.213. The number of benzene rings is 2. The summed E-state index contributed by atoms with van der Waals surface area (Å²) >= 11 is 1.20. The molecule has 0 spiro atoms. The number of fused-ring (bicyclic) bond motifs is 1. The summed E-state index contributed by atoms with van der Waals surface area (Å²) in [5.41, 5.74) is 2.81. The largest absolute Gasteiger partial charge is 0.487 e. The van der Waals surface area contributed by atoms with Gasteiger partial charge in [-0.15, -0.1) is 0 Å². The Morgan fingerprint density at radius 2 is 1.85 bits per heavy atom. The Bertz CT molecular complexity index is 1410. The van der Waals surface area contributed by atoms with E-state index in [9.17, 15) is 9.18 Å². The number of nitrogens with one attached hydrogen (secondary N) is 1. The summed E-state index contributed by atoms with van der Waals surface area (Å²) in [6.07, 6.45) is 1.61. The zero-order valence-corrected chi connectivity index (χ0v) is 19.3. The zero-order chi connectivity index (χ0) is 23.8. The van der Waals surface area contributed by atoms with Crippen LogP contribution in [0.2, 0.25) is 0 Å². The second kappa shape index (κ2) is 8.75. The van der Waals surface area contributed by atoms with Gasteiger partial charge >= 0.3 is 0 Å². The predicted octanol–water partition coefficient (Wildman–Crippen LogP) is 4.93. The van der Waals surface area contributed by atoms with Gasteiger partial charge in [-0.05, 0) is 67.6 Å². The van der Waals surface area contributed by atoms with Crippen molar-refractivity contribution in [2.24, 2.45) is 10.1 Å². The fraction of sp³-hybridized carbons (Fsp3) is 0.120. The molecule has 9 heteroatoms. The Balaban J connectivity index is 1.42. The van der Waals surface area contributed by atoms with Gasteiger partial charge in [0.05, 0.1) is 11.3 Å². The molecule has 5 rings (SSSR count). The zero-order valence-electron chi connectivity index (χ0n) is 18.4. The Kier molecular flexibility index (Phi) is 5.62. The normalized spacial score (nSPS) is 16.6. The molecule has 2 aliphatic heterocycles. The quantitative estimate of drug-likeness (QED) is 0.533. The maximum absolute atomic E-state index is 14.4. The van der Waals surface area contributed by atoms with E-state index < -0.39 is 5.91 Å². The van der Waals surface area contributed by atoms with Crippen molar-refractivity contribution in [3.05, 3.63) is 89.0 Å². The first-order chi connectivity index (χ1) is 16.4. The number of halogens is 1. The molecule has 0 radical (unpaired) electrons. The number of carbonyl (C=O) groups excluding carboxylic acids is 1. The second-order valence-electron chi connectivity index (χ2n) is 7.73. The molecule has 170 valence electrons. The number of para-hydroxylation sites is 2. The van der Waals surface area contributed by atoms with Gasteiger partial charge in [-0.3, -0.25) is 10.2 Å². The van der Waals surface area contributed by atoms with Crippen molar-refractivity contribution < 1.29 is 13.9 Å². The standard InChI is InChI=1S/C25H20FN5O2S/c1-15-12-17(16(2)30(15)21-11-7-6-10-20(21)26)13-19-23(27)31-25(28-24(19)32)34-22(29-31)14-33-18-8-4-3-5-9-18/h3-13,27H,14H2,1-2H3/b19-13+,27-23?. The van der Waals surface area contributed by atoms with Crippen LogP contribution >= 0.6 is 11.8 Å². The number of rotatable bonds is 5. The van der Waals surface area contributed by atoms with E-state index >= 15 is 0 Å². The number of nitrogens with zero attached hydrogens (tertiary/aromatic N) is 4. The topological polar surface area (TPSA) is 83.0 Å². The average molecular weight is 474 g/mol. The maximum atomic E-state index is 14.4. The average Bonchev–Trinajstić information content (AvgIpc) is 3.36. The molecule has 0 saturated heterocycles. The molecule has 0 aliphatic carbocycles. The molecule has 7 nitrogen and oxygen atoms in total. The summed E-state index contributed by atoms with van der Waals surface area (Å²) in [6, 6.07) is 17.7. The van der Waals surface area contributed by atoms with Crippen LogP contribution in [0.25, 0.3) is 11.8 Å². The number of hydrazone groups is 1. The molecule has 1 N–H and O–H groups in total. The molecule has 2 aliphatic rings. The fourth-order valence-electron chi connectivity index (χ4n) is 3.84. The number of amidine groups is 2. The van der Waals surface area contributed by atoms with E-state index in [1.807, 2.05) is 50.2 Å². The van der Waals surface area contributed by atoms with E-state index in [1.54, 1.807) is 28.8 Å². The Hall–Kier alpha value is -3.98. The van der Waals surface area contributed by atoms with E-state index in [4.69, 9.17) is 10.1 Å². The first-order valence-electron chi connectivity index (χ1n) is 10.5. The van der Waals surface area contributed by atoms with Crippen LogP contribution in [0.15, 0.2) is 76.3 Å². The van der Waals surface area contributed by atoms with Gasteiger partial charge in [-0.25, -0.2) is 4.39 Å². The first-order valence-corrected chi connectivity index (χ1v) is 11.3. The molecule has 0 bridgehead atoms. The van der Waals surface area contributed by atoms with Crippen molar-refractivity contribution in [3.63, 3.8) is 0 Å². The number of carbonyl (C=O) groups is 1. The van der Waals surface area contributed by atoms with Crippen molar-refractivity contribution in [3.8, 4) is 11.4 Å². The molecule has 34 heavy (non-hydrogen) atoms. The molecule has 2 aromatic carbocycles. The first kappa shape index (κ1) is 21.8. The lowest BCUT2D eigenvalue weighted by Gasteiger charge is -2.20. The van der Waals surface area contributed by atoms with Gasteiger partial charge in [0.15, 0.2) is 5.84 Å². The number of hydrogen-bond acceptors (Lipinski definition) is 5. The predicted molar refractivity (Wildman–Crippen MR) is 132 cm³/mol. The highest BCUT2D eigenvalue weighted by Gasteiger charge is 2.36. The van der Waals surface area contributed by atoms with Crippen LogP contribution < -0.4 is 4.74 Å². The molecule has 3 heterocycles. The fourth-order valence-corrected chi connectivity index (χ4v) is 4.64. The van der Waals surface area contributed by atoms with Gasteiger partial charge in [0, 0.05) is 11.4 Å². The lowest BCUT2D eigenvalue weighted by atomic mass is 10.1. The molecule has 0 fully saturated rings. The minimum Gasteiger partial charge on any atom is -0.487 e. The van der Waals surface area contributed by atoms with Crippen molar-refractivity contribution >= 4 is 39.8 Å². The molecule has 1 aromatic heterocycles. The summed E-state index contributed by atoms with van der Waals surface area (Å²) in [4.78, 5) is 16.9. The third-order valence-electron chi connectivity index (χ3n) is 5.47. The number of aliphatic imine (C=N–C) groups is 1. The summed E-state index contributed by atoms with van der Waals surface area (Å²) in [5, 5.41) is 15.3. The molecule has 0 atom stereocenters.